The fourth-order valence-corrected chi connectivity index (χ4v) is 3.58. The second-order valence-electron chi connectivity index (χ2n) is 7.15. The topological polar surface area (TPSA) is 25.2 Å². The van der Waals surface area contributed by atoms with Crippen LogP contribution in [0.3, 0.4) is 0 Å². The molecule has 0 bridgehead atoms. The molecule has 146 valence electrons. The largest absolute Gasteiger partial charge is 0.345 e. The SMILES string of the molecule is CCCCN(Cc1cccn1Cc1ccc(Br)cc1)C(=O)c1ccccc1C. The molecule has 0 fully saturated rings. The summed E-state index contributed by atoms with van der Waals surface area (Å²) in [6.07, 6.45) is 4.16. The molecule has 1 amide bonds. The number of aryl methyl sites for hydroxylation is 1. The number of hydrogen-bond acceptors (Lipinski definition) is 1. The molecule has 0 aliphatic rings. The van der Waals surface area contributed by atoms with Crippen molar-refractivity contribution in [2.24, 2.45) is 0 Å². The predicted molar refractivity (Wildman–Crippen MR) is 119 cm³/mol. The van der Waals surface area contributed by atoms with E-state index in [0.29, 0.717) is 6.54 Å². The van der Waals surface area contributed by atoms with Crippen LogP contribution >= 0.6 is 15.9 Å². The van der Waals surface area contributed by atoms with Gasteiger partial charge in [0.2, 0.25) is 0 Å². The number of unbranched alkanes of at least 4 members (excludes halogenated alkanes) is 1. The summed E-state index contributed by atoms with van der Waals surface area (Å²) in [6.45, 7) is 6.35. The number of carbonyl (C=O) groups excluding carboxylic acids is 1. The minimum Gasteiger partial charge on any atom is -0.345 e. The molecular weight excluding hydrogens is 412 g/mol. The lowest BCUT2D eigenvalue weighted by molar-refractivity contribution is 0.0736. The van der Waals surface area contributed by atoms with Gasteiger partial charge >= 0.3 is 0 Å². The minimum atomic E-state index is 0.114. The second kappa shape index (κ2) is 9.74. The Morgan fingerprint density at radius 2 is 1.79 bits per heavy atom. The standard InChI is InChI=1S/C24H27BrN2O/c1-3-4-15-27(24(28)23-10-6-5-8-19(23)2)18-22-9-7-16-26(22)17-20-11-13-21(25)14-12-20/h5-14,16H,3-4,15,17-18H2,1-2H3. The van der Waals surface area contributed by atoms with E-state index in [4.69, 9.17) is 0 Å². The molecule has 2 aromatic carbocycles. The third kappa shape index (κ3) is 5.14. The van der Waals surface area contributed by atoms with Gasteiger partial charge in [-0.2, -0.15) is 0 Å². The molecule has 0 radical (unpaired) electrons. The number of halogens is 1. The monoisotopic (exact) mass is 438 g/mol. The Bertz CT molecular complexity index is 914. The van der Waals surface area contributed by atoms with Gasteiger partial charge in [0.25, 0.3) is 5.91 Å². The van der Waals surface area contributed by atoms with E-state index in [2.05, 4.69) is 70.0 Å². The van der Waals surface area contributed by atoms with Gasteiger partial charge in [-0.15, -0.1) is 0 Å². The molecule has 4 heteroatoms. The van der Waals surface area contributed by atoms with Crippen molar-refractivity contribution in [1.29, 1.82) is 0 Å². The van der Waals surface area contributed by atoms with Crippen LogP contribution in [0.25, 0.3) is 0 Å². The molecule has 0 saturated carbocycles. The predicted octanol–water partition coefficient (Wildman–Crippen LogP) is 6.05. The highest BCUT2D eigenvalue weighted by Crippen LogP contribution is 2.17. The molecule has 1 aromatic heterocycles. The lowest BCUT2D eigenvalue weighted by Crippen LogP contribution is -2.32. The van der Waals surface area contributed by atoms with E-state index >= 15 is 0 Å². The zero-order valence-corrected chi connectivity index (χ0v) is 18.2. The van der Waals surface area contributed by atoms with Crippen molar-refractivity contribution in [3.63, 3.8) is 0 Å². The van der Waals surface area contributed by atoms with Crippen molar-refractivity contribution in [1.82, 2.24) is 9.47 Å². The fourth-order valence-electron chi connectivity index (χ4n) is 3.31. The van der Waals surface area contributed by atoms with E-state index in [0.717, 1.165) is 47.2 Å². The van der Waals surface area contributed by atoms with E-state index in [-0.39, 0.29) is 5.91 Å². The number of hydrogen-bond donors (Lipinski definition) is 0. The Labute approximate surface area is 176 Å². The number of nitrogens with zero attached hydrogens (tertiary/aromatic N) is 2. The Balaban J connectivity index is 1.80. The number of amides is 1. The molecule has 28 heavy (non-hydrogen) atoms. The van der Waals surface area contributed by atoms with Crippen LogP contribution in [0.2, 0.25) is 0 Å². The molecule has 0 N–H and O–H groups in total. The summed E-state index contributed by atoms with van der Waals surface area (Å²) in [7, 11) is 0. The van der Waals surface area contributed by atoms with Crippen LogP contribution < -0.4 is 0 Å². The van der Waals surface area contributed by atoms with Crippen molar-refractivity contribution >= 4 is 21.8 Å². The van der Waals surface area contributed by atoms with Crippen LogP contribution in [0.15, 0.2) is 71.3 Å². The first-order valence-corrected chi connectivity index (χ1v) is 10.6. The fraction of sp³-hybridized carbons (Fsp3) is 0.292. The summed E-state index contributed by atoms with van der Waals surface area (Å²) in [5, 5.41) is 0. The van der Waals surface area contributed by atoms with Crippen LogP contribution in [0.5, 0.6) is 0 Å². The number of rotatable bonds is 8. The maximum Gasteiger partial charge on any atom is 0.254 e. The van der Waals surface area contributed by atoms with Crippen molar-refractivity contribution in [3.8, 4) is 0 Å². The van der Waals surface area contributed by atoms with E-state index < -0.39 is 0 Å². The third-order valence-electron chi connectivity index (χ3n) is 4.99. The van der Waals surface area contributed by atoms with Crippen LogP contribution in [0.4, 0.5) is 0 Å². The number of aromatic nitrogens is 1. The molecule has 0 spiro atoms. The van der Waals surface area contributed by atoms with Crippen molar-refractivity contribution in [2.75, 3.05) is 6.54 Å². The highest BCUT2D eigenvalue weighted by molar-refractivity contribution is 9.10. The molecule has 0 aliphatic carbocycles. The molecule has 1 heterocycles. The van der Waals surface area contributed by atoms with E-state index in [9.17, 15) is 4.79 Å². The average Bonchev–Trinajstić information content (AvgIpc) is 3.13. The molecule has 0 unspecified atom stereocenters. The van der Waals surface area contributed by atoms with Gasteiger partial charge in [-0.1, -0.05) is 59.6 Å². The first kappa shape index (κ1) is 20.4. The first-order valence-electron chi connectivity index (χ1n) is 9.82. The Kier molecular flexibility index (Phi) is 7.10. The third-order valence-corrected chi connectivity index (χ3v) is 5.52. The van der Waals surface area contributed by atoms with E-state index in [1.807, 2.05) is 36.1 Å². The summed E-state index contributed by atoms with van der Waals surface area (Å²) < 4.78 is 3.31. The Morgan fingerprint density at radius 3 is 2.50 bits per heavy atom. The maximum atomic E-state index is 13.2. The molecule has 0 atom stereocenters. The van der Waals surface area contributed by atoms with Gasteiger partial charge in [-0.05, 0) is 54.8 Å². The molecule has 3 rings (SSSR count). The average molecular weight is 439 g/mol. The number of carbonyl (C=O) groups is 1. The normalized spacial score (nSPS) is 10.8. The van der Waals surface area contributed by atoms with Gasteiger partial charge in [0.15, 0.2) is 0 Å². The van der Waals surface area contributed by atoms with Crippen LogP contribution in [0, 0.1) is 6.92 Å². The highest BCUT2D eigenvalue weighted by Gasteiger charge is 2.18. The van der Waals surface area contributed by atoms with Gasteiger partial charge in [-0.3, -0.25) is 4.79 Å². The summed E-state index contributed by atoms with van der Waals surface area (Å²) in [4.78, 5) is 15.2. The highest BCUT2D eigenvalue weighted by atomic mass is 79.9. The Morgan fingerprint density at radius 1 is 1.04 bits per heavy atom. The smallest absolute Gasteiger partial charge is 0.254 e. The van der Waals surface area contributed by atoms with E-state index in [1.54, 1.807) is 0 Å². The number of benzene rings is 2. The van der Waals surface area contributed by atoms with E-state index in [1.165, 1.54) is 5.56 Å². The van der Waals surface area contributed by atoms with Gasteiger partial charge in [0.1, 0.15) is 0 Å². The zero-order valence-electron chi connectivity index (χ0n) is 16.6. The first-order chi connectivity index (χ1) is 13.6. The lowest BCUT2D eigenvalue weighted by Gasteiger charge is -2.24. The van der Waals surface area contributed by atoms with Gasteiger partial charge in [-0.25, -0.2) is 0 Å². The summed E-state index contributed by atoms with van der Waals surface area (Å²) in [6, 6.07) is 20.4. The van der Waals surface area contributed by atoms with Crippen molar-refractivity contribution in [2.45, 2.75) is 39.8 Å². The van der Waals surface area contributed by atoms with Crippen molar-refractivity contribution in [3.05, 3.63) is 93.7 Å². The summed E-state index contributed by atoms with van der Waals surface area (Å²) >= 11 is 3.49. The van der Waals surface area contributed by atoms with Gasteiger partial charge in [0, 0.05) is 35.0 Å². The molecule has 0 saturated heterocycles. The quantitative estimate of drug-likeness (QED) is 0.420. The molecule has 3 nitrogen and oxygen atoms in total. The van der Waals surface area contributed by atoms with Crippen LogP contribution in [-0.4, -0.2) is 21.9 Å². The molecule has 0 aliphatic heterocycles. The lowest BCUT2D eigenvalue weighted by atomic mass is 10.1. The maximum absolute atomic E-state index is 13.2. The molecular formula is C24H27BrN2O. The van der Waals surface area contributed by atoms with Gasteiger partial charge in [0.05, 0.1) is 6.54 Å². The zero-order chi connectivity index (χ0) is 19.9. The second-order valence-corrected chi connectivity index (χ2v) is 8.06. The van der Waals surface area contributed by atoms with Gasteiger partial charge < -0.3 is 9.47 Å². The molecule has 3 aromatic rings. The summed E-state index contributed by atoms with van der Waals surface area (Å²) in [5.74, 6) is 0.114. The summed E-state index contributed by atoms with van der Waals surface area (Å²) in [5.41, 5.74) is 4.22. The van der Waals surface area contributed by atoms with Crippen LogP contribution in [0.1, 0.15) is 46.9 Å². The Hall–Kier alpha value is -2.33. The van der Waals surface area contributed by atoms with Crippen LogP contribution in [-0.2, 0) is 13.1 Å². The van der Waals surface area contributed by atoms with Crippen molar-refractivity contribution < 1.29 is 4.79 Å². The minimum absolute atomic E-state index is 0.114.